The third kappa shape index (κ3) is 4.40. The van der Waals surface area contributed by atoms with Gasteiger partial charge in [-0.2, -0.15) is 0 Å². The summed E-state index contributed by atoms with van der Waals surface area (Å²) in [7, 11) is 0. The Labute approximate surface area is 234 Å². The molecule has 3 heterocycles. The number of carbonyl (C=O) groups excluding carboxylic acids is 2. The Morgan fingerprint density at radius 3 is 2.58 bits per heavy atom. The van der Waals surface area contributed by atoms with Crippen LogP contribution in [-0.2, 0) is 16.2 Å². The maximum absolute atomic E-state index is 13.9. The summed E-state index contributed by atoms with van der Waals surface area (Å²) in [4.78, 5) is 44.3. The van der Waals surface area contributed by atoms with Gasteiger partial charge in [0.05, 0.1) is 16.6 Å². The molecule has 0 bridgehead atoms. The number of imide groups is 1. The first-order chi connectivity index (χ1) is 18.3. The van der Waals surface area contributed by atoms with Crippen molar-refractivity contribution in [2.75, 3.05) is 4.90 Å². The second kappa shape index (κ2) is 9.83. The zero-order valence-corrected chi connectivity index (χ0v) is 23.2. The predicted molar refractivity (Wildman–Crippen MR) is 148 cm³/mol. The third-order valence-corrected chi connectivity index (χ3v) is 9.59. The van der Waals surface area contributed by atoms with E-state index >= 15 is 0 Å². The van der Waals surface area contributed by atoms with E-state index in [1.165, 1.54) is 36.0 Å². The van der Waals surface area contributed by atoms with E-state index in [0.29, 0.717) is 33.5 Å². The molecule has 0 radical (unpaired) electrons. The Bertz CT molecular complexity index is 1630. The van der Waals surface area contributed by atoms with Gasteiger partial charge in [0.2, 0.25) is 11.8 Å². The Hall–Kier alpha value is -3.21. The molecule has 1 N–H and O–H groups in total. The fraction of sp³-hybridized carbons (Fsp3) is 0.179. The van der Waals surface area contributed by atoms with Crippen molar-refractivity contribution < 1.29 is 18.7 Å². The molecule has 0 spiro atoms. The van der Waals surface area contributed by atoms with Gasteiger partial charge in [0.15, 0.2) is 0 Å². The highest BCUT2D eigenvalue weighted by atomic mass is 79.9. The van der Waals surface area contributed by atoms with Crippen molar-refractivity contribution in [1.82, 2.24) is 4.98 Å². The van der Waals surface area contributed by atoms with E-state index in [2.05, 4.69) is 20.9 Å². The number of aromatic nitrogens is 1. The smallest absolute Gasteiger partial charge is 0.305 e. The molecule has 2 aliphatic rings. The van der Waals surface area contributed by atoms with Crippen LogP contribution in [0.3, 0.4) is 0 Å². The van der Waals surface area contributed by atoms with Crippen LogP contribution in [0.1, 0.15) is 27.5 Å². The van der Waals surface area contributed by atoms with Crippen molar-refractivity contribution in [2.24, 2.45) is 5.92 Å². The molecule has 6 rings (SSSR count). The van der Waals surface area contributed by atoms with Crippen LogP contribution in [0.4, 0.5) is 10.1 Å². The molecular weight excluding hydrogens is 591 g/mol. The minimum absolute atomic E-state index is 0.250. The zero-order valence-electron chi connectivity index (χ0n) is 19.9. The van der Waals surface area contributed by atoms with Gasteiger partial charge in [0.1, 0.15) is 23.4 Å². The Balaban J connectivity index is 1.45. The molecule has 1 aromatic heterocycles. The fourth-order valence-corrected chi connectivity index (χ4v) is 7.94. The first kappa shape index (κ1) is 25.1. The lowest BCUT2D eigenvalue weighted by Crippen LogP contribution is -2.32. The van der Waals surface area contributed by atoms with Gasteiger partial charge in [-0.05, 0) is 55.0 Å². The molecule has 2 amide bonds. The number of halogens is 2. The van der Waals surface area contributed by atoms with Crippen molar-refractivity contribution in [3.05, 3.63) is 108 Å². The number of ether oxygens (including phenoxy) is 1. The number of amides is 2. The number of nitrogens with zero attached hydrogens (tertiary/aromatic N) is 1. The average Bonchev–Trinajstić information content (AvgIpc) is 3.38. The molecular formula is C28H20BrFN2O4S2. The van der Waals surface area contributed by atoms with Crippen LogP contribution in [0.15, 0.2) is 81.0 Å². The molecule has 4 aromatic rings. The monoisotopic (exact) mass is 610 g/mol. The Morgan fingerprint density at radius 1 is 1.03 bits per heavy atom. The second-order valence-electron chi connectivity index (χ2n) is 9.20. The zero-order chi connectivity index (χ0) is 26.6. The first-order valence-corrected chi connectivity index (χ1v) is 14.3. The maximum atomic E-state index is 13.9. The molecule has 1 saturated heterocycles. The summed E-state index contributed by atoms with van der Waals surface area (Å²) in [6, 6.07) is 18.9. The number of carbonyl (C=O) groups is 2. The maximum Gasteiger partial charge on any atom is 0.305 e. The van der Waals surface area contributed by atoms with Crippen LogP contribution in [0.2, 0.25) is 0 Å². The van der Waals surface area contributed by atoms with Gasteiger partial charge < -0.3 is 9.72 Å². The largest absolute Gasteiger partial charge is 0.489 e. The van der Waals surface area contributed by atoms with Crippen molar-refractivity contribution in [2.45, 2.75) is 29.7 Å². The third-order valence-electron chi connectivity index (χ3n) is 6.69. The SMILES string of the molecule is Cc1cccc(COc2ccc(Br)cc2[C@H]2c3sc(=O)[nH]c3SC3C(=O)N(c4ccc(F)cc4)C(=O)C32)c1. The minimum atomic E-state index is -0.771. The van der Waals surface area contributed by atoms with Crippen molar-refractivity contribution in [3.63, 3.8) is 0 Å². The van der Waals surface area contributed by atoms with Crippen molar-refractivity contribution in [1.29, 1.82) is 0 Å². The fourth-order valence-electron chi connectivity index (χ4n) is 5.05. The minimum Gasteiger partial charge on any atom is -0.489 e. The van der Waals surface area contributed by atoms with E-state index in [-0.39, 0.29) is 10.8 Å². The second-order valence-corrected chi connectivity index (χ2v) is 12.3. The molecule has 0 aliphatic carbocycles. The number of anilines is 1. The molecule has 3 atom stereocenters. The van der Waals surface area contributed by atoms with Gasteiger partial charge in [-0.3, -0.25) is 14.4 Å². The van der Waals surface area contributed by atoms with Crippen molar-refractivity contribution >= 4 is 56.5 Å². The number of aryl methyl sites for hydroxylation is 1. The lowest BCUT2D eigenvalue weighted by Gasteiger charge is -2.31. The highest BCUT2D eigenvalue weighted by Gasteiger charge is 2.56. The highest BCUT2D eigenvalue weighted by molar-refractivity contribution is 9.10. The lowest BCUT2D eigenvalue weighted by atomic mass is 9.82. The first-order valence-electron chi connectivity index (χ1n) is 11.8. The van der Waals surface area contributed by atoms with Crippen LogP contribution in [0, 0.1) is 18.7 Å². The molecule has 2 unspecified atom stereocenters. The van der Waals surface area contributed by atoms with E-state index in [1.54, 1.807) is 0 Å². The lowest BCUT2D eigenvalue weighted by molar-refractivity contribution is -0.122. The number of hydrogen-bond acceptors (Lipinski definition) is 6. The van der Waals surface area contributed by atoms with Crippen molar-refractivity contribution in [3.8, 4) is 5.75 Å². The van der Waals surface area contributed by atoms with E-state index in [4.69, 9.17) is 4.74 Å². The Kier molecular flexibility index (Phi) is 6.49. The molecule has 2 aliphatic heterocycles. The van der Waals surface area contributed by atoms with Gasteiger partial charge >= 0.3 is 4.87 Å². The van der Waals surface area contributed by atoms with Gasteiger partial charge in [-0.15, -0.1) is 0 Å². The number of benzene rings is 3. The quantitative estimate of drug-likeness (QED) is 0.279. The number of H-pyrrole nitrogens is 1. The number of thioether (sulfide) groups is 1. The molecule has 192 valence electrons. The number of aromatic amines is 1. The Morgan fingerprint density at radius 2 is 1.82 bits per heavy atom. The van der Waals surface area contributed by atoms with Crippen LogP contribution < -0.4 is 14.5 Å². The van der Waals surface area contributed by atoms with Gasteiger partial charge in [0, 0.05) is 20.8 Å². The van der Waals surface area contributed by atoms with Crippen LogP contribution >= 0.6 is 39.0 Å². The summed E-state index contributed by atoms with van der Waals surface area (Å²) < 4.78 is 20.6. The van der Waals surface area contributed by atoms with Crippen LogP contribution in [0.5, 0.6) is 5.75 Å². The van der Waals surface area contributed by atoms with E-state index < -0.39 is 28.8 Å². The van der Waals surface area contributed by atoms with Gasteiger partial charge in [0.25, 0.3) is 0 Å². The van der Waals surface area contributed by atoms with Gasteiger partial charge in [-0.1, -0.05) is 68.9 Å². The standard InChI is InChI=1S/C28H20BrFN2O4S2/c1-14-3-2-4-15(11-14)13-36-20-10-5-16(29)12-19(20)21-22-24(37-25-23(21)38-28(35)31-25)27(34)32(26(22)33)18-8-6-17(30)7-9-18/h2-12,21-22,24H,13H2,1H3,(H,31,35)/t21-,22?,24?/m1/s1. The van der Waals surface area contributed by atoms with Crippen LogP contribution in [0.25, 0.3) is 0 Å². The summed E-state index contributed by atoms with van der Waals surface area (Å²) in [5, 5.41) is -0.170. The normalized spacial score (nSPS) is 20.4. The molecule has 10 heteroatoms. The number of hydrogen-bond donors (Lipinski definition) is 1. The number of rotatable bonds is 5. The topological polar surface area (TPSA) is 79.5 Å². The molecule has 3 aromatic carbocycles. The summed E-state index contributed by atoms with van der Waals surface area (Å²) in [6.45, 7) is 2.33. The summed E-state index contributed by atoms with van der Waals surface area (Å²) in [6.07, 6.45) is 0. The summed E-state index contributed by atoms with van der Waals surface area (Å²) in [5.41, 5.74) is 3.14. The number of fused-ring (bicyclic) bond motifs is 2. The van der Waals surface area contributed by atoms with E-state index in [9.17, 15) is 18.8 Å². The molecule has 6 nitrogen and oxygen atoms in total. The van der Waals surface area contributed by atoms with Crippen LogP contribution in [-0.4, -0.2) is 22.0 Å². The number of thiazole rings is 1. The van der Waals surface area contributed by atoms with E-state index in [1.807, 2.05) is 49.4 Å². The predicted octanol–water partition coefficient (Wildman–Crippen LogP) is 6.02. The molecule has 38 heavy (non-hydrogen) atoms. The summed E-state index contributed by atoms with van der Waals surface area (Å²) in [5.74, 6) is -2.03. The molecule has 1 fully saturated rings. The van der Waals surface area contributed by atoms with E-state index in [0.717, 1.165) is 31.8 Å². The summed E-state index contributed by atoms with van der Waals surface area (Å²) >= 11 is 5.78. The molecule has 0 saturated carbocycles. The number of nitrogens with one attached hydrogen (secondary N) is 1. The average molecular weight is 612 g/mol. The highest BCUT2D eigenvalue weighted by Crippen LogP contribution is 2.54. The van der Waals surface area contributed by atoms with Gasteiger partial charge in [-0.25, -0.2) is 9.29 Å².